The van der Waals surface area contributed by atoms with E-state index in [-0.39, 0.29) is 17.8 Å². The highest BCUT2D eigenvalue weighted by Gasteiger charge is 2.45. The molecule has 5 unspecified atom stereocenters. The molecule has 0 amide bonds. The molecule has 20 heavy (non-hydrogen) atoms. The van der Waals surface area contributed by atoms with Crippen LogP contribution >= 0.6 is 34.8 Å². The zero-order valence-electron chi connectivity index (χ0n) is 11.7. The average Bonchev–Trinajstić information content (AvgIpc) is 2.37. The third-order valence-electron chi connectivity index (χ3n) is 3.77. The molecule has 1 aliphatic heterocycles. The predicted octanol–water partition coefficient (Wildman–Crippen LogP) is 3.16. The summed E-state index contributed by atoms with van der Waals surface area (Å²) in [5, 5.41) is 7.59. The number of nitrogens with one attached hydrogen (secondary N) is 1. The highest BCUT2D eigenvalue weighted by Crippen LogP contribution is 2.37. The third kappa shape index (κ3) is 3.91. The van der Waals surface area contributed by atoms with E-state index in [2.05, 4.69) is 0 Å². The summed E-state index contributed by atoms with van der Waals surface area (Å²) in [6, 6.07) is 0. The number of methoxy groups -OCH3 is 1. The lowest BCUT2D eigenvalue weighted by atomic mass is 9.79. The zero-order chi connectivity index (χ0) is 15.7. The number of hydrogen-bond donors (Lipinski definition) is 1. The van der Waals surface area contributed by atoms with E-state index in [0.29, 0.717) is 0 Å². The van der Waals surface area contributed by atoms with E-state index in [4.69, 9.17) is 54.4 Å². The first kappa shape index (κ1) is 17.8. The van der Waals surface area contributed by atoms with Gasteiger partial charge in [-0.2, -0.15) is 0 Å². The first-order chi connectivity index (χ1) is 9.09. The van der Waals surface area contributed by atoms with Crippen LogP contribution in [0.1, 0.15) is 20.8 Å². The van der Waals surface area contributed by atoms with Crippen molar-refractivity contribution in [2.24, 2.45) is 17.8 Å². The molecule has 1 N–H and O–H groups in total. The molecule has 0 aromatic carbocycles. The second-order valence-electron chi connectivity index (χ2n) is 4.97. The van der Waals surface area contributed by atoms with Crippen LogP contribution in [-0.4, -0.2) is 35.2 Å². The van der Waals surface area contributed by atoms with Gasteiger partial charge in [0.25, 0.3) is 3.79 Å². The number of ether oxygens (including phenoxy) is 3. The number of hydrogen-bond acceptors (Lipinski definition) is 5. The van der Waals surface area contributed by atoms with E-state index in [1.807, 2.05) is 20.8 Å². The molecular weight excluding hydrogens is 328 g/mol. The Bertz CT molecular complexity index is 385. The SMILES string of the molecule is COC(=O)C1OC(OC(=N)C(Cl)(Cl)Cl)C(C)C(C)C1C. The first-order valence-electron chi connectivity index (χ1n) is 6.15. The lowest BCUT2D eigenvalue weighted by Crippen LogP contribution is -2.50. The van der Waals surface area contributed by atoms with Crippen molar-refractivity contribution in [1.29, 1.82) is 5.41 Å². The third-order valence-corrected chi connectivity index (χ3v) is 4.29. The van der Waals surface area contributed by atoms with Crippen molar-refractivity contribution < 1.29 is 19.0 Å². The Morgan fingerprint density at radius 1 is 1.15 bits per heavy atom. The van der Waals surface area contributed by atoms with Gasteiger partial charge in [0.2, 0.25) is 12.2 Å². The summed E-state index contributed by atoms with van der Waals surface area (Å²) in [5.74, 6) is -1.02. The molecule has 5 atom stereocenters. The second-order valence-corrected chi connectivity index (χ2v) is 7.25. The Hall–Kier alpha value is -0.230. The Balaban J connectivity index is 2.86. The molecule has 1 heterocycles. The highest BCUT2D eigenvalue weighted by atomic mass is 35.6. The van der Waals surface area contributed by atoms with Gasteiger partial charge in [0.15, 0.2) is 6.10 Å². The van der Waals surface area contributed by atoms with Gasteiger partial charge < -0.3 is 14.2 Å². The maximum absolute atomic E-state index is 11.7. The molecular formula is C12H18Cl3NO4. The standard InChI is InChI=1S/C12H18Cl3NO4/c1-5-6(2)8(9(17)18-4)19-10(7(5)3)20-11(16)12(13,14)15/h5-8,10,16H,1-4H3. The normalized spacial score (nSPS) is 34.5. The largest absolute Gasteiger partial charge is 0.467 e. The Labute approximate surface area is 133 Å². The van der Waals surface area contributed by atoms with Crippen LogP contribution in [0.3, 0.4) is 0 Å². The number of rotatable bonds is 2. The summed E-state index contributed by atoms with van der Waals surface area (Å²) in [4.78, 5) is 11.7. The van der Waals surface area contributed by atoms with Gasteiger partial charge in [-0.3, -0.25) is 5.41 Å². The summed E-state index contributed by atoms with van der Waals surface area (Å²) in [6.07, 6.45) is -1.60. The minimum atomic E-state index is -1.96. The van der Waals surface area contributed by atoms with Crippen LogP contribution in [-0.2, 0) is 19.0 Å². The predicted molar refractivity (Wildman–Crippen MR) is 77.3 cm³/mol. The molecule has 0 aromatic heterocycles. The van der Waals surface area contributed by atoms with Crippen molar-refractivity contribution in [1.82, 2.24) is 0 Å². The van der Waals surface area contributed by atoms with Gasteiger partial charge in [-0.05, 0) is 11.8 Å². The molecule has 0 radical (unpaired) electrons. The number of carbonyl (C=O) groups is 1. The van der Waals surface area contributed by atoms with Crippen molar-refractivity contribution in [2.75, 3.05) is 7.11 Å². The summed E-state index contributed by atoms with van der Waals surface area (Å²) in [5.41, 5.74) is 0. The number of esters is 1. The van der Waals surface area contributed by atoms with Crippen molar-refractivity contribution in [2.45, 2.75) is 37.0 Å². The van der Waals surface area contributed by atoms with Gasteiger partial charge in [0.05, 0.1) is 7.11 Å². The minimum Gasteiger partial charge on any atom is -0.467 e. The molecule has 116 valence electrons. The van der Waals surface area contributed by atoms with Crippen LogP contribution in [0.15, 0.2) is 0 Å². The first-order valence-corrected chi connectivity index (χ1v) is 7.28. The van der Waals surface area contributed by atoms with Crippen LogP contribution < -0.4 is 0 Å². The van der Waals surface area contributed by atoms with Crippen molar-refractivity contribution >= 4 is 46.7 Å². The molecule has 0 saturated carbocycles. The zero-order valence-corrected chi connectivity index (χ0v) is 13.9. The molecule has 1 aliphatic rings. The lowest BCUT2D eigenvalue weighted by molar-refractivity contribution is -0.226. The molecule has 0 spiro atoms. The fourth-order valence-corrected chi connectivity index (χ4v) is 2.23. The Morgan fingerprint density at radius 3 is 2.15 bits per heavy atom. The molecule has 0 aliphatic carbocycles. The molecule has 0 aromatic rings. The van der Waals surface area contributed by atoms with Crippen LogP contribution in [0, 0.1) is 23.2 Å². The fraction of sp³-hybridized carbons (Fsp3) is 0.833. The maximum Gasteiger partial charge on any atom is 0.335 e. The molecule has 1 saturated heterocycles. The molecule has 1 fully saturated rings. The van der Waals surface area contributed by atoms with E-state index in [1.54, 1.807) is 0 Å². The van der Waals surface area contributed by atoms with E-state index < -0.39 is 28.1 Å². The second kappa shape index (κ2) is 6.69. The number of alkyl halides is 3. The quantitative estimate of drug-likeness (QED) is 0.361. The van der Waals surface area contributed by atoms with E-state index in [1.165, 1.54) is 7.11 Å². The summed E-state index contributed by atoms with van der Waals surface area (Å²) >= 11 is 16.7. The summed E-state index contributed by atoms with van der Waals surface area (Å²) in [7, 11) is 1.29. The van der Waals surface area contributed by atoms with E-state index in [0.717, 1.165) is 0 Å². The van der Waals surface area contributed by atoms with Crippen molar-refractivity contribution in [3.8, 4) is 0 Å². The Morgan fingerprint density at radius 2 is 1.70 bits per heavy atom. The average molecular weight is 347 g/mol. The molecule has 1 rings (SSSR count). The van der Waals surface area contributed by atoms with Gasteiger partial charge in [0.1, 0.15) is 0 Å². The van der Waals surface area contributed by atoms with Crippen molar-refractivity contribution in [3.63, 3.8) is 0 Å². The summed E-state index contributed by atoms with van der Waals surface area (Å²) < 4.78 is 13.6. The van der Waals surface area contributed by atoms with Crippen LogP contribution in [0.2, 0.25) is 0 Å². The van der Waals surface area contributed by atoms with Gasteiger partial charge in [-0.1, -0.05) is 55.6 Å². The fourth-order valence-electron chi connectivity index (χ4n) is 2.10. The topological polar surface area (TPSA) is 68.6 Å². The summed E-state index contributed by atoms with van der Waals surface area (Å²) in [6.45, 7) is 5.77. The van der Waals surface area contributed by atoms with Crippen LogP contribution in [0.5, 0.6) is 0 Å². The van der Waals surface area contributed by atoms with Gasteiger partial charge >= 0.3 is 5.97 Å². The maximum atomic E-state index is 11.7. The molecule has 5 nitrogen and oxygen atoms in total. The van der Waals surface area contributed by atoms with Crippen LogP contribution in [0.4, 0.5) is 0 Å². The minimum absolute atomic E-state index is 0.0424. The number of carbonyl (C=O) groups excluding carboxylic acids is 1. The highest BCUT2D eigenvalue weighted by molar-refractivity contribution is 6.76. The van der Waals surface area contributed by atoms with Gasteiger partial charge in [-0.25, -0.2) is 4.79 Å². The van der Waals surface area contributed by atoms with Crippen molar-refractivity contribution in [3.05, 3.63) is 0 Å². The van der Waals surface area contributed by atoms with Gasteiger partial charge in [-0.15, -0.1) is 0 Å². The molecule has 0 bridgehead atoms. The molecule has 8 heteroatoms. The smallest absolute Gasteiger partial charge is 0.335 e. The lowest BCUT2D eigenvalue weighted by Gasteiger charge is -2.42. The van der Waals surface area contributed by atoms with E-state index >= 15 is 0 Å². The van der Waals surface area contributed by atoms with Gasteiger partial charge in [0, 0.05) is 5.92 Å². The number of halogens is 3. The van der Waals surface area contributed by atoms with Crippen LogP contribution in [0.25, 0.3) is 0 Å². The Kier molecular flexibility index (Phi) is 5.96. The van der Waals surface area contributed by atoms with E-state index in [9.17, 15) is 4.79 Å². The monoisotopic (exact) mass is 345 g/mol.